The predicted octanol–water partition coefficient (Wildman–Crippen LogP) is 5.18. The summed E-state index contributed by atoms with van der Waals surface area (Å²) in [6.45, 7) is 2.13. The molecular formula is C24H18BN. The fraction of sp³-hybridized carbons (Fsp3) is 0.0417. The van der Waals surface area contributed by atoms with Crippen molar-refractivity contribution in [2.24, 2.45) is 0 Å². The van der Waals surface area contributed by atoms with Crippen molar-refractivity contribution in [3.63, 3.8) is 0 Å². The minimum Gasteiger partial charge on any atom is -0.256 e. The predicted molar refractivity (Wildman–Crippen MR) is 111 cm³/mol. The second kappa shape index (κ2) is 7.01. The summed E-state index contributed by atoms with van der Waals surface area (Å²) in [5.41, 5.74) is 8.78. The van der Waals surface area contributed by atoms with Gasteiger partial charge in [0.15, 0.2) is 0 Å². The lowest BCUT2D eigenvalue weighted by Crippen LogP contribution is -1.99. The zero-order valence-electron chi connectivity index (χ0n) is 14.7. The highest BCUT2D eigenvalue weighted by molar-refractivity contribution is 6.32. The third-order valence-electron chi connectivity index (χ3n) is 4.60. The number of rotatable bonds is 3. The minimum absolute atomic E-state index is 0.764. The van der Waals surface area contributed by atoms with Gasteiger partial charge >= 0.3 is 0 Å². The molecule has 0 atom stereocenters. The lowest BCUT2D eigenvalue weighted by atomic mass is 9.94. The van der Waals surface area contributed by atoms with Crippen LogP contribution >= 0.6 is 0 Å². The van der Waals surface area contributed by atoms with Gasteiger partial charge < -0.3 is 0 Å². The van der Waals surface area contributed by atoms with Crippen LogP contribution in [0.1, 0.15) is 5.56 Å². The highest BCUT2D eigenvalue weighted by Gasteiger charge is 2.07. The number of hydrogen-bond acceptors (Lipinski definition) is 1. The summed E-state index contributed by atoms with van der Waals surface area (Å²) in [4.78, 5) is 4.68. The van der Waals surface area contributed by atoms with Gasteiger partial charge in [0.2, 0.25) is 0 Å². The van der Waals surface area contributed by atoms with Gasteiger partial charge in [-0.2, -0.15) is 0 Å². The van der Waals surface area contributed by atoms with Gasteiger partial charge in [-0.25, -0.2) is 0 Å². The van der Waals surface area contributed by atoms with E-state index in [0.29, 0.717) is 0 Å². The minimum atomic E-state index is 0.764. The Bertz CT molecular complexity index is 1040. The van der Waals surface area contributed by atoms with E-state index in [-0.39, 0.29) is 0 Å². The van der Waals surface area contributed by atoms with Crippen molar-refractivity contribution in [1.29, 1.82) is 0 Å². The molecule has 0 fully saturated rings. The maximum atomic E-state index is 5.78. The highest BCUT2D eigenvalue weighted by Crippen LogP contribution is 2.29. The van der Waals surface area contributed by atoms with Crippen LogP contribution in [0.4, 0.5) is 0 Å². The quantitative estimate of drug-likeness (QED) is 0.471. The normalized spacial score (nSPS) is 10.7. The van der Waals surface area contributed by atoms with E-state index in [9.17, 15) is 0 Å². The third-order valence-corrected chi connectivity index (χ3v) is 4.60. The number of pyridine rings is 1. The summed E-state index contributed by atoms with van der Waals surface area (Å²) >= 11 is 0. The molecule has 2 heteroatoms. The SMILES string of the molecule is [B]c1ccc(-c2cc(C)c(-c3cccc(-c4ccccc4)c3)cn2)cc1. The molecular weight excluding hydrogens is 313 g/mol. The van der Waals surface area contributed by atoms with E-state index in [1.165, 1.54) is 22.3 Å². The lowest BCUT2D eigenvalue weighted by molar-refractivity contribution is 1.29. The zero-order valence-corrected chi connectivity index (χ0v) is 14.7. The van der Waals surface area contributed by atoms with Crippen LogP contribution in [0.15, 0.2) is 91.1 Å². The van der Waals surface area contributed by atoms with Gasteiger partial charge in [0, 0.05) is 17.3 Å². The van der Waals surface area contributed by atoms with Crippen LogP contribution in [-0.4, -0.2) is 12.8 Å². The largest absolute Gasteiger partial charge is 0.256 e. The molecule has 3 aromatic carbocycles. The second-order valence-corrected chi connectivity index (χ2v) is 6.45. The molecule has 0 N–H and O–H groups in total. The Morgan fingerprint density at radius 1 is 0.654 bits per heavy atom. The molecule has 1 nitrogen and oxygen atoms in total. The number of benzene rings is 3. The molecule has 1 aromatic heterocycles. The van der Waals surface area contributed by atoms with Crippen molar-refractivity contribution < 1.29 is 0 Å². The van der Waals surface area contributed by atoms with E-state index < -0.39 is 0 Å². The summed E-state index contributed by atoms with van der Waals surface area (Å²) in [5.74, 6) is 0. The van der Waals surface area contributed by atoms with Crippen molar-refractivity contribution in [1.82, 2.24) is 4.98 Å². The van der Waals surface area contributed by atoms with E-state index in [2.05, 4.69) is 66.5 Å². The zero-order chi connectivity index (χ0) is 17.9. The lowest BCUT2D eigenvalue weighted by Gasteiger charge is -2.10. The summed E-state index contributed by atoms with van der Waals surface area (Å²) in [7, 11) is 5.78. The van der Waals surface area contributed by atoms with Gasteiger partial charge in [-0.05, 0) is 41.3 Å². The summed E-state index contributed by atoms with van der Waals surface area (Å²) < 4.78 is 0. The van der Waals surface area contributed by atoms with E-state index in [4.69, 9.17) is 7.85 Å². The average Bonchev–Trinajstić information content (AvgIpc) is 2.69. The molecule has 26 heavy (non-hydrogen) atoms. The Kier molecular flexibility index (Phi) is 4.41. The highest BCUT2D eigenvalue weighted by atomic mass is 14.7. The van der Waals surface area contributed by atoms with Crippen molar-refractivity contribution in [3.05, 3.63) is 96.7 Å². The first-order valence-electron chi connectivity index (χ1n) is 8.69. The van der Waals surface area contributed by atoms with Crippen LogP contribution in [-0.2, 0) is 0 Å². The molecule has 0 saturated heterocycles. The standard InChI is InChI=1S/C24H18BN/c1-17-14-24(19-10-12-22(25)13-11-19)26-16-23(17)21-9-5-8-20(15-21)18-6-3-2-4-7-18/h2-16H,1H3. The molecule has 0 unspecified atom stereocenters. The van der Waals surface area contributed by atoms with Crippen molar-refractivity contribution in [2.75, 3.05) is 0 Å². The maximum absolute atomic E-state index is 5.78. The molecule has 0 spiro atoms. The summed E-state index contributed by atoms with van der Waals surface area (Å²) in [5, 5.41) is 0. The van der Waals surface area contributed by atoms with E-state index in [1.807, 2.05) is 36.5 Å². The van der Waals surface area contributed by atoms with Gasteiger partial charge in [0.1, 0.15) is 7.85 Å². The molecule has 4 rings (SSSR count). The molecule has 0 saturated carbocycles. The number of aromatic nitrogens is 1. The molecule has 0 aliphatic carbocycles. The first kappa shape index (κ1) is 16.3. The fourth-order valence-corrected chi connectivity index (χ4v) is 3.17. The molecule has 0 bridgehead atoms. The molecule has 122 valence electrons. The smallest absolute Gasteiger partial charge is 0.113 e. The van der Waals surface area contributed by atoms with Gasteiger partial charge in [-0.15, -0.1) is 0 Å². The van der Waals surface area contributed by atoms with Crippen LogP contribution in [0.3, 0.4) is 0 Å². The average molecular weight is 331 g/mol. The first-order valence-corrected chi connectivity index (χ1v) is 8.69. The molecule has 0 aliphatic rings. The van der Waals surface area contributed by atoms with Crippen molar-refractivity contribution >= 4 is 13.3 Å². The molecule has 4 aromatic rings. The van der Waals surface area contributed by atoms with Crippen LogP contribution in [0.5, 0.6) is 0 Å². The summed E-state index contributed by atoms with van der Waals surface area (Å²) in [6, 6.07) is 29.0. The van der Waals surface area contributed by atoms with Gasteiger partial charge in [-0.1, -0.05) is 78.3 Å². The fourth-order valence-electron chi connectivity index (χ4n) is 3.17. The Balaban J connectivity index is 1.71. The number of nitrogens with zero attached hydrogens (tertiary/aromatic N) is 1. The van der Waals surface area contributed by atoms with Gasteiger partial charge in [0.05, 0.1) is 5.69 Å². The number of aryl methyl sites for hydroxylation is 1. The van der Waals surface area contributed by atoms with E-state index in [1.54, 1.807) is 0 Å². The Labute approximate surface area is 155 Å². The third kappa shape index (κ3) is 3.31. The van der Waals surface area contributed by atoms with Crippen molar-refractivity contribution in [3.8, 4) is 33.5 Å². The van der Waals surface area contributed by atoms with E-state index in [0.717, 1.165) is 22.3 Å². The Morgan fingerprint density at radius 2 is 1.35 bits per heavy atom. The summed E-state index contributed by atoms with van der Waals surface area (Å²) in [6.07, 6.45) is 1.96. The first-order chi connectivity index (χ1) is 12.7. The van der Waals surface area contributed by atoms with Gasteiger partial charge in [-0.3, -0.25) is 4.98 Å². The topological polar surface area (TPSA) is 12.9 Å². The van der Waals surface area contributed by atoms with E-state index >= 15 is 0 Å². The van der Waals surface area contributed by atoms with Crippen LogP contribution < -0.4 is 5.46 Å². The monoisotopic (exact) mass is 331 g/mol. The number of hydrogen-bond donors (Lipinski definition) is 0. The van der Waals surface area contributed by atoms with Gasteiger partial charge in [0.25, 0.3) is 0 Å². The molecule has 1 heterocycles. The molecule has 0 aliphatic heterocycles. The van der Waals surface area contributed by atoms with Crippen LogP contribution in [0, 0.1) is 6.92 Å². The van der Waals surface area contributed by atoms with Crippen LogP contribution in [0.2, 0.25) is 0 Å². The van der Waals surface area contributed by atoms with Crippen LogP contribution in [0.25, 0.3) is 33.5 Å². The maximum Gasteiger partial charge on any atom is 0.113 e. The Morgan fingerprint density at radius 3 is 2.08 bits per heavy atom. The van der Waals surface area contributed by atoms with Crippen molar-refractivity contribution in [2.45, 2.75) is 6.92 Å². The molecule has 0 amide bonds. The second-order valence-electron chi connectivity index (χ2n) is 6.45. The Hall–Kier alpha value is -3.13. The molecule has 2 radical (unpaired) electrons.